The van der Waals surface area contributed by atoms with Gasteiger partial charge in [-0.3, -0.25) is 0 Å². The third-order valence-electron chi connectivity index (χ3n) is 9.42. The first-order valence-electron chi connectivity index (χ1n) is 15.9. The van der Waals surface area contributed by atoms with Gasteiger partial charge in [-0.2, -0.15) is 0 Å². The summed E-state index contributed by atoms with van der Waals surface area (Å²) in [6.07, 6.45) is 0. The van der Waals surface area contributed by atoms with Crippen molar-refractivity contribution in [1.82, 2.24) is 0 Å². The van der Waals surface area contributed by atoms with Crippen molar-refractivity contribution in [1.29, 1.82) is 0 Å². The Hall–Kier alpha value is -6.32. The summed E-state index contributed by atoms with van der Waals surface area (Å²) in [4.78, 5) is 2.30. The Balaban J connectivity index is 1.21. The molecular formula is C44H27NO2. The second-order valence-electron chi connectivity index (χ2n) is 12.1. The lowest BCUT2D eigenvalue weighted by atomic mass is 10.0. The third kappa shape index (κ3) is 4.07. The van der Waals surface area contributed by atoms with Gasteiger partial charge in [0.15, 0.2) is 5.58 Å². The van der Waals surface area contributed by atoms with Crippen LogP contribution in [0.3, 0.4) is 0 Å². The predicted octanol–water partition coefficient (Wildman–Crippen LogP) is 12.9. The molecule has 0 bridgehead atoms. The fraction of sp³-hybridized carbons (Fsp3) is 0. The number of rotatable bonds is 4. The minimum absolute atomic E-state index is 0.850. The fourth-order valence-electron chi connectivity index (χ4n) is 7.15. The standard InChI is InChI=1S/C44H27NO2/c1-2-9-28(10-3-1)30-17-18-32-26-33(21-19-31(32)25-30)45(34-22-24-37-36-13-6-7-16-41(36)46-42(37)27-34)40-15-8-14-38-39-23-20-29-11-4-5-12-35(29)43(39)47-44(38)40/h1-27H. The molecule has 8 aromatic carbocycles. The Kier molecular flexibility index (Phi) is 5.57. The van der Waals surface area contributed by atoms with E-state index in [9.17, 15) is 0 Å². The number of benzene rings is 8. The van der Waals surface area contributed by atoms with E-state index in [1.54, 1.807) is 0 Å². The lowest BCUT2D eigenvalue weighted by Crippen LogP contribution is -2.10. The highest BCUT2D eigenvalue weighted by atomic mass is 16.3. The van der Waals surface area contributed by atoms with Gasteiger partial charge in [-0.05, 0) is 75.8 Å². The highest BCUT2D eigenvalue weighted by Crippen LogP contribution is 2.45. The zero-order valence-corrected chi connectivity index (χ0v) is 25.4. The van der Waals surface area contributed by atoms with E-state index in [0.717, 1.165) is 71.7 Å². The van der Waals surface area contributed by atoms with Crippen molar-refractivity contribution in [2.24, 2.45) is 0 Å². The smallest absolute Gasteiger partial charge is 0.159 e. The summed E-state index contributed by atoms with van der Waals surface area (Å²) in [5, 5.41) is 9.05. The number of anilines is 3. The number of fused-ring (bicyclic) bond motifs is 9. The summed E-state index contributed by atoms with van der Waals surface area (Å²) < 4.78 is 13.2. The van der Waals surface area contributed by atoms with Crippen molar-refractivity contribution in [2.45, 2.75) is 0 Å². The molecule has 0 aliphatic rings. The molecule has 0 amide bonds. The summed E-state index contributed by atoms with van der Waals surface area (Å²) in [6, 6.07) is 57.8. The molecule has 47 heavy (non-hydrogen) atoms. The first-order chi connectivity index (χ1) is 23.3. The first-order valence-corrected chi connectivity index (χ1v) is 15.9. The van der Waals surface area contributed by atoms with Crippen molar-refractivity contribution in [3.63, 3.8) is 0 Å². The normalized spacial score (nSPS) is 11.8. The van der Waals surface area contributed by atoms with Crippen molar-refractivity contribution >= 4 is 82.5 Å². The second-order valence-corrected chi connectivity index (χ2v) is 12.1. The lowest BCUT2D eigenvalue weighted by molar-refractivity contribution is 0.668. The first kappa shape index (κ1) is 26.0. The molecule has 10 rings (SSSR count). The van der Waals surface area contributed by atoms with Gasteiger partial charge in [0, 0.05) is 38.7 Å². The van der Waals surface area contributed by atoms with Crippen LogP contribution in [-0.2, 0) is 0 Å². The highest BCUT2D eigenvalue weighted by molar-refractivity contribution is 6.18. The van der Waals surface area contributed by atoms with E-state index < -0.39 is 0 Å². The molecule has 0 aliphatic carbocycles. The zero-order valence-electron chi connectivity index (χ0n) is 25.4. The molecule has 0 N–H and O–H groups in total. The van der Waals surface area contributed by atoms with Crippen LogP contribution in [-0.4, -0.2) is 0 Å². The molecule has 2 heterocycles. The molecule has 220 valence electrons. The summed E-state index contributed by atoms with van der Waals surface area (Å²) in [5.41, 5.74) is 8.92. The Labute approximate surface area is 270 Å². The quantitative estimate of drug-likeness (QED) is 0.201. The largest absolute Gasteiger partial charge is 0.456 e. The van der Waals surface area contributed by atoms with Crippen molar-refractivity contribution in [3.8, 4) is 11.1 Å². The van der Waals surface area contributed by atoms with Gasteiger partial charge in [-0.1, -0.05) is 109 Å². The van der Waals surface area contributed by atoms with Crippen LogP contribution < -0.4 is 4.90 Å². The molecule has 0 aliphatic heterocycles. The Morgan fingerprint density at radius 2 is 1.00 bits per heavy atom. The van der Waals surface area contributed by atoms with Crippen LogP contribution in [0, 0.1) is 0 Å². The molecule has 3 nitrogen and oxygen atoms in total. The molecular weight excluding hydrogens is 574 g/mol. The van der Waals surface area contributed by atoms with E-state index in [2.05, 4.69) is 157 Å². The van der Waals surface area contributed by atoms with Crippen LogP contribution in [0.5, 0.6) is 0 Å². The van der Waals surface area contributed by atoms with Gasteiger partial charge in [0.2, 0.25) is 0 Å². The number of nitrogens with zero attached hydrogens (tertiary/aromatic N) is 1. The average molecular weight is 602 g/mol. The van der Waals surface area contributed by atoms with E-state index in [0.29, 0.717) is 0 Å². The van der Waals surface area contributed by atoms with E-state index in [1.165, 1.54) is 21.9 Å². The SMILES string of the molecule is c1ccc(-c2ccc3cc(N(c4ccc5c(c4)oc4ccccc45)c4cccc5c4oc4c6ccccc6ccc54)ccc3c2)cc1. The maximum Gasteiger partial charge on any atom is 0.159 e. The highest BCUT2D eigenvalue weighted by Gasteiger charge is 2.21. The number of furan rings is 2. The van der Waals surface area contributed by atoms with E-state index in [4.69, 9.17) is 8.83 Å². The molecule has 3 heteroatoms. The topological polar surface area (TPSA) is 29.5 Å². The van der Waals surface area contributed by atoms with Gasteiger partial charge in [0.1, 0.15) is 16.7 Å². The molecule has 10 aromatic rings. The minimum atomic E-state index is 0.850. The summed E-state index contributed by atoms with van der Waals surface area (Å²) in [7, 11) is 0. The van der Waals surface area contributed by atoms with Gasteiger partial charge in [0.25, 0.3) is 0 Å². The van der Waals surface area contributed by atoms with E-state index in [-0.39, 0.29) is 0 Å². The fourth-order valence-corrected chi connectivity index (χ4v) is 7.15. The molecule has 0 saturated heterocycles. The van der Waals surface area contributed by atoms with Crippen LogP contribution in [0.15, 0.2) is 173 Å². The molecule has 0 saturated carbocycles. The van der Waals surface area contributed by atoms with Crippen molar-refractivity contribution in [2.75, 3.05) is 4.90 Å². The summed E-state index contributed by atoms with van der Waals surface area (Å²) >= 11 is 0. The number of hydrogen-bond acceptors (Lipinski definition) is 3. The molecule has 0 spiro atoms. The maximum absolute atomic E-state index is 6.84. The molecule has 0 atom stereocenters. The predicted molar refractivity (Wildman–Crippen MR) is 196 cm³/mol. The molecule has 2 aromatic heterocycles. The van der Waals surface area contributed by atoms with Crippen LogP contribution in [0.4, 0.5) is 17.1 Å². The zero-order chi connectivity index (χ0) is 30.9. The monoisotopic (exact) mass is 601 g/mol. The van der Waals surface area contributed by atoms with Gasteiger partial charge in [0.05, 0.1) is 11.4 Å². The molecule has 0 fully saturated rings. The van der Waals surface area contributed by atoms with E-state index >= 15 is 0 Å². The molecule has 0 unspecified atom stereocenters. The van der Waals surface area contributed by atoms with E-state index in [1.807, 2.05) is 12.1 Å². The summed E-state index contributed by atoms with van der Waals surface area (Å²) in [5.74, 6) is 0. The molecule has 0 radical (unpaired) electrons. The van der Waals surface area contributed by atoms with Gasteiger partial charge < -0.3 is 13.7 Å². The number of para-hydroxylation sites is 2. The van der Waals surface area contributed by atoms with Crippen molar-refractivity contribution in [3.05, 3.63) is 164 Å². The van der Waals surface area contributed by atoms with Gasteiger partial charge >= 0.3 is 0 Å². The number of hydrogen-bond donors (Lipinski definition) is 0. The van der Waals surface area contributed by atoms with Crippen LogP contribution in [0.1, 0.15) is 0 Å². The second kappa shape index (κ2) is 10.1. The Morgan fingerprint density at radius 1 is 0.340 bits per heavy atom. The summed E-state index contributed by atoms with van der Waals surface area (Å²) in [6.45, 7) is 0. The minimum Gasteiger partial charge on any atom is -0.456 e. The van der Waals surface area contributed by atoms with Crippen molar-refractivity contribution < 1.29 is 8.83 Å². The van der Waals surface area contributed by atoms with Gasteiger partial charge in [-0.25, -0.2) is 0 Å². The van der Waals surface area contributed by atoms with Gasteiger partial charge in [-0.15, -0.1) is 0 Å². The Morgan fingerprint density at radius 3 is 1.94 bits per heavy atom. The maximum atomic E-state index is 6.84. The van der Waals surface area contributed by atoms with Crippen LogP contribution in [0.25, 0.3) is 76.5 Å². The average Bonchev–Trinajstić information content (AvgIpc) is 3.71. The lowest BCUT2D eigenvalue weighted by Gasteiger charge is -2.26. The third-order valence-corrected chi connectivity index (χ3v) is 9.42. The van der Waals surface area contributed by atoms with Crippen LogP contribution in [0.2, 0.25) is 0 Å². The Bertz CT molecular complexity index is 2810. The van der Waals surface area contributed by atoms with Crippen LogP contribution >= 0.6 is 0 Å².